The van der Waals surface area contributed by atoms with E-state index in [0.717, 1.165) is 17.9 Å². The molecule has 0 aliphatic heterocycles. The third kappa shape index (κ3) is 2.66. The van der Waals surface area contributed by atoms with Gasteiger partial charge in [-0.3, -0.25) is 0 Å². The Labute approximate surface area is 99.5 Å². The van der Waals surface area contributed by atoms with Crippen LogP contribution in [0.5, 0.6) is 0 Å². The van der Waals surface area contributed by atoms with E-state index in [4.69, 9.17) is 5.11 Å². The summed E-state index contributed by atoms with van der Waals surface area (Å²) in [5, 5.41) is 8.80. The number of aromatic carboxylic acids is 1. The summed E-state index contributed by atoms with van der Waals surface area (Å²) >= 11 is 0. The van der Waals surface area contributed by atoms with E-state index in [9.17, 15) is 4.79 Å². The van der Waals surface area contributed by atoms with Crippen molar-refractivity contribution in [3.63, 3.8) is 0 Å². The van der Waals surface area contributed by atoms with Crippen LogP contribution < -0.4 is 4.90 Å². The minimum atomic E-state index is -0.899. The lowest BCUT2D eigenvalue weighted by Gasteiger charge is -2.18. The molecule has 17 heavy (non-hydrogen) atoms. The zero-order valence-electron chi connectivity index (χ0n) is 9.55. The van der Waals surface area contributed by atoms with E-state index in [2.05, 4.69) is 9.88 Å². The maximum atomic E-state index is 10.7. The highest BCUT2D eigenvalue weighted by molar-refractivity contribution is 5.88. The van der Waals surface area contributed by atoms with E-state index < -0.39 is 5.97 Å². The van der Waals surface area contributed by atoms with E-state index in [0.29, 0.717) is 5.56 Å². The number of H-pyrrole nitrogens is 1. The van der Waals surface area contributed by atoms with Gasteiger partial charge in [-0.1, -0.05) is 0 Å². The third-order valence-electron chi connectivity index (χ3n) is 2.62. The van der Waals surface area contributed by atoms with E-state index in [-0.39, 0.29) is 0 Å². The standard InChI is InChI=1S/C13H14N2O2/c1-15(9-11-3-2-8-14-11)12-6-4-10(5-7-12)13(16)17/h2-8,14H,9H2,1H3,(H,16,17). The molecule has 1 heterocycles. The van der Waals surface area contributed by atoms with E-state index in [1.165, 1.54) is 0 Å². The van der Waals surface area contributed by atoms with Crippen molar-refractivity contribution in [2.24, 2.45) is 0 Å². The highest BCUT2D eigenvalue weighted by Crippen LogP contribution is 2.15. The second-order valence-corrected chi connectivity index (χ2v) is 3.90. The molecule has 0 atom stereocenters. The first-order valence-corrected chi connectivity index (χ1v) is 5.33. The van der Waals surface area contributed by atoms with Crippen molar-refractivity contribution >= 4 is 11.7 Å². The topological polar surface area (TPSA) is 56.3 Å². The Morgan fingerprint density at radius 2 is 2.00 bits per heavy atom. The first-order chi connectivity index (χ1) is 8.16. The fourth-order valence-corrected chi connectivity index (χ4v) is 1.67. The van der Waals surface area contributed by atoms with Gasteiger partial charge in [-0.25, -0.2) is 4.79 Å². The van der Waals surface area contributed by atoms with Gasteiger partial charge in [0, 0.05) is 24.6 Å². The van der Waals surface area contributed by atoms with Gasteiger partial charge in [-0.2, -0.15) is 0 Å². The quantitative estimate of drug-likeness (QED) is 0.847. The SMILES string of the molecule is CN(Cc1ccc[nH]1)c1ccc(C(=O)O)cc1. The van der Waals surface area contributed by atoms with Crippen molar-refractivity contribution in [3.8, 4) is 0 Å². The Bertz CT molecular complexity index is 489. The molecule has 0 amide bonds. The second kappa shape index (κ2) is 4.74. The number of nitrogens with one attached hydrogen (secondary N) is 1. The molecule has 0 spiro atoms. The van der Waals surface area contributed by atoms with Crippen LogP contribution in [0, 0.1) is 0 Å². The zero-order valence-corrected chi connectivity index (χ0v) is 9.55. The molecule has 4 heteroatoms. The Kier molecular flexibility index (Phi) is 3.14. The van der Waals surface area contributed by atoms with Crippen molar-refractivity contribution in [2.75, 3.05) is 11.9 Å². The van der Waals surface area contributed by atoms with Crippen LogP contribution in [0.1, 0.15) is 16.1 Å². The summed E-state index contributed by atoms with van der Waals surface area (Å²) in [6.07, 6.45) is 1.89. The van der Waals surface area contributed by atoms with Crippen LogP contribution in [0.2, 0.25) is 0 Å². The van der Waals surface area contributed by atoms with Gasteiger partial charge < -0.3 is 15.0 Å². The monoisotopic (exact) mass is 230 g/mol. The molecule has 0 unspecified atom stereocenters. The summed E-state index contributed by atoms with van der Waals surface area (Å²) in [6.45, 7) is 0.763. The number of hydrogen-bond acceptors (Lipinski definition) is 2. The lowest BCUT2D eigenvalue weighted by molar-refractivity contribution is 0.0697. The molecule has 1 aromatic heterocycles. The van der Waals surface area contributed by atoms with Gasteiger partial charge in [0.05, 0.1) is 12.1 Å². The number of rotatable bonds is 4. The fraction of sp³-hybridized carbons (Fsp3) is 0.154. The minimum absolute atomic E-state index is 0.307. The molecule has 2 rings (SSSR count). The molecule has 1 aromatic carbocycles. The largest absolute Gasteiger partial charge is 0.478 e. The molecule has 88 valence electrons. The highest BCUT2D eigenvalue weighted by Gasteiger charge is 2.05. The van der Waals surface area contributed by atoms with E-state index in [1.54, 1.807) is 12.1 Å². The van der Waals surface area contributed by atoms with Crippen molar-refractivity contribution in [2.45, 2.75) is 6.54 Å². The zero-order chi connectivity index (χ0) is 12.3. The van der Waals surface area contributed by atoms with E-state index >= 15 is 0 Å². The Morgan fingerprint density at radius 3 is 2.53 bits per heavy atom. The van der Waals surface area contributed by atoms with Gasteiger partial charge in [0.15, 0.2) is 0 Å². The van der Waals surface area contributed by atoms with Gasteiger partial charge in [0.1, 0.15) is 0 Å². The number of nitrogens with zero attached hydrogens (tertiary/aromatic N) is 1. The van der Waals surface area contributed by atoms with Crippen molar-refractivity contribution in [1.29, 1.82) is 0 Å². The smallest absolute Gasteiger partial charge is 0.335 e. The van der Waals surface area contributed by atoms with Crippen molar-refractivity contribution in [3.05, 3.63) is 53.9 Å². The second-order valence-electron chi connectivity index (χ2n) is 3.90. The van der Waals surface area contributed by atoms with Crippen LogP contribution in [0.25, 0.3) is 0 Å². The lowest BCUT2D eigenvalue weighted by atomic mass is 10.2. The van der Waals surface area contributed by atoms with Crippen LogP contribution in [-0.4, -0.2) is 23.1 Å². The van der Waals surface area contributed by atoms with E-state index in [1.807, 2.05) is 37.5 Å². The summed E-state index contributed by atoms with van der Waals surface area (Å²) < 4.78 is 0. The van der Waals surface area contributed by atoms with Crippen LogP contribution in [0.3, 0.4) is 0 Å². The number of carbonyl (C=O) groups is 1. The Hall–Kier alpha value is -2.23. The molecular formula is C13H14N2O2. The molecule has 0 fully saturated rings. The minimum Gasteiger partial charge on any atom is -0.478 e. The number of anilines is 1. The van der Waals surface area contributed by atoms with Crippen molar-refractivity contribution in [1.82, 2.24) is 4.98 Å². The summed E-state index contributed by atoms with van der Waals surface area (Å²) in [4.78, 5) is 15.9. The molecule has 2 aromatic rings. The third-order valence-corrected chi connectivity index (χ3v) is 2.62. The van der Waals surface area contributed by atoms with Gasteiger partial charge in [0.25, 0.3) is 0 Å². The lowest BCUT2D eigenvalue weighted by Crippen LogP contribution is -2.16. The predicted molar refractivity (Wildman–Crippen MR) is 66.3 cm³/mol. The molecule has 4 nitrogen and oxygen atoms in total. The highest BCUT2D eigenvalue weighted by atomic mass is 16.4. The number of aromatic amines is 1. The van der Waals surface area contributed by atoms with Crippen LogP contribution >= 0.6 is 0 Å². The molecular weight excluding hydrogens is 216 g/mol. The summed E-state index contributed by atoms with van der Waals surface area (Å²) in [6, 6.07) is 10.8. The normalized spacial score (nSPS) is 10.2. The van der Waals surface area contributed by atoms with Crippen LogP contribution in [0.15, 0.2) is 42.6 Å². The Morgan fingerprint density at radius 1 is 1.29 bits per heavy atom. The number of hydrogen-bond donors (Lipinski definition) is 2. The molecule has 0 aliphatic carbocycles. The number of carboxylic acids is 1. The molecule has 0 aliphatic rings. The summed E-state index contributed by atoms with van der Waals surface area (Å²) in [7, 11) is 1.97. The molecule has 0 bridgehead atoms. The van der Waals surface area contributed by atoms with Crippen LogP contribution in [-0.2, 0) is 6.54 Å². The average molecular weight is 230 g/mol. The molecule has 0 radical (unpaired) electrons. The average Bonchev–Trinajstić information content (AvgIpc) is 2.82. The number of benzene rings is 1. The summed E-state index contributed by atoms with van der Waals surface area (Å²) in [5.41, 5.74) is 2.42. The summed E-state index contributed by atoms with van der Waals surface area (Å²) in [5.74, 6) is -0.899. The van der Waals surface area contributed by atoms with Gasteiger partial charge in [-0.15, -0.1) is 0 Å². The Balaban J connectivity index is 2.09. The van der Waals surface area contributed by atoms with Crippen molar-refractivity contribution < 1.29 is 9.90 Å². The molecule has 0 saturated carbocycles. The van der Waals surface area contributed by atoms with Crippen LogP contribution in [0.4, 0.5) is 5.69 Å². The first-order valence-electron chi connectivity index (χ1n) is 5.33. The van der Waals surface area contributed by atoms with Gasteiger partial charge >= 0.3 is 5.97 Å². The first kappa shape index (κ1) is 11.3. The number of aromatic nitrogens is 1. The maximum absolute atomic E-state index is 10.7. The van der Waals surface area contributed by atoms with Gasteiger partial charge in [0.2, 0.25) is 0 Å². The molecule has 2 N–H and O–H groups in total. The number of carboxylic acid groups (broad SMARTS) is 1. The fourth-order valence-electron chi connectivity index (χ4n) is 1.67. The molecule has 0 saturated heterocycles. The maximum Gasteiger partial charge on any atom is 0.335 e. The van der Waals surface area contributed by atoms with Gasteiger partial charge in [-0.05, 0) is 36.4 Å². The predicted octanol–water partition coefficient (Wildman–Crippen LogP) is 2.35.